The minimum absolute atomic E-state index is 0.0340. The maximum Gasteiger partial charge on any atom is 0.330 e. The van der Waals surface area contributed by atoms with Gasteiger partial charge in [0.1, 0.15) is 5.01 Å². The number of piperidine rings is 1. The van der Waals surface area contributed by atoms with Crippen molar-refractivity contribution < 1.29 is 9.63 Å². The summed E-state index contributed by atoms with van der Waals surface area (Å²) in [7, 11) is 0. The Kier molecular flexibility index (Phi) is 4.96. The van der Waals surface area contributed by atoms with Crippen LogP contribution < -0.4 is 0 Å². The summed E-state index contributed by atoms with van der Waals surface area (Å²) in [5, 5.41) is 4.83. The van der Waals surface area contributed by atoms with Crippen molar-refractivity contribution in [3.8, 4) is 10.6 Å². The van der Waals surface area contributed by atoms with Gasteiger partial charge in [-0.15, -0.1) is 16.4 Å². The number of carbonyl (C=O) groups excluding carboxylic acids is 1. The number of hydrogen-bond donors (Lipinski definition) is 0. The van der Waals surface area contributed by atoms with Crippen molar-refractivity contribution >= 4 is 17.3 Å². The zero-order valence-electron chi connectivity index (χ0n) is 14.4. The molecule has 1 aliphatic heterocycles. The highest BCUT2D eigenvalue weighted by Crippen LogP contribution is 2.34. The number of hydrogen-bond acceptors (Lipinski definition) is 6. The summed E-state index contributed by atoms with van der Waals surface area (Å²) >= 11 is 1.60. The predicted molar refractivity (Wildman–Crippen MR) is 94.2 cm³/mol. The molecule has 128 valence electrons. The third kappa shape index (κ3) is 3.82. The van der Waals surface area contributed by atoms with Crippen LogP contribution in [-0.4, -0.2) is 27.5 Å². The van der Waals surface area contributed by atoms with Crippen molar-refractivity contribution in [3.05, 3.63) is 35.6 Å². The molecule has 0 aromatic carbocycles. The van der Waals surface area contributed by atoms with Gasteiger partial charge in [-0.3, -0.25) is 4.98 Å². The smallest absolute Gasteiger partial charge is 0.330 e. The molecule has 0 spiro atoms. The number of carbonyl (C=O) groups is 1. The van der Waals surface area contributed by atoms with Gasteiger partial charge in [0, 0.05) is 29.9 Å². The highest BCUT2D eigenvalue weighted by Gasteiger charge is 2.32. The lowest BCUT2D eigenvalue weighted by Crippen LogP contribution is -2.39. The van der Waals surface area contributed by atoms with Gasteiger partial charge in [0.15, 0.2) is 0 Å². The highest BCUT2D eigenvalue weighted by atomic mass is 32.1. The maximum atomic E-state index is 12.2. The summed E-state index contributed by atoms with van der Waals surface area (Å²) in [6.45, 7) is 6.37. The average molecular weight is 345 g/mol. The number of pyridine rings is 1. The van der Waals surface area contributed by atoms with Crippen LogP contribution in [0.25, 0.3) is 10.6 Å². The van der Waals surface area contributed by atoms with E-state index in [1.807, 2.05) is 44.2 Å². The first-order valence-electron chi connectivity index (χ1n) is 8.30. The number of thiazole rings is 1. The van der Waals surface area contributed by atoms with Gasteiger partial charge in [0.05, 0.1) is 17.2 Å². The zero-order chi connectivity index (χ0) is 17.2. The first-order valence-corrected chi connectivity index (χ1v) is 9.18. The van der Waals surface area contributed by atoms with Crippen molar-refractivity contribution in [2.45, 2.75) is 46.1 Å². The van der Waals surface area contributed by atoms with E-state index in [2.05, 4.69) is 10.4 Å². The van der Waals surface area contributed by atoms with E-state index in [0.29, 0.717) is 0 Å². The van der Waals surface area contributed by atoms with Gasteiger partial charge in [-0.2, -0.15) is 0 Å². The van der Waals surface area contributed by atoms with Crippen LogP contribution in [0.5, 0.6) is 0 Å². The zero-order valence-corrected chi connectivity index (χ0v) is 15.2. The van der Waals surface area contributed by atoms with E-state index in [1.165, 1.54) is 0 Å². The standard InChI is InChI=1S/C18H23N3O2S/c1-18(2,3)17(22)23-21-10-5-4-8-15(21)14-12-24-16(20-14)13-7-6-9-19-11-13/h6-7,9,11-12,15H,4-5,8,10H2,1-3H3/t15-/m1/s1. The van der Waals surface area contributed by atoms with Gasteiger partial charge in [0.25, 0.3) is 0 Å². The molecule has 0 N–H and O–H groups in total. The van der Waals surface area contributed by atoms with E-state index in [4.69, 9.17) is 9.82 Å². The molecule has 0 amide bonds. The van der Waals surface area contributed by atoms with E-state index in [0.717, 1.165) is 42.1 Å². The molecule has 1 fully saturated rings. The van der Waals surface area contributed by atoms with Gasteiger partial charge in [0.2, 0.25) is 0 Å². The van der Waals surface area contributed by atoms with Crippen molar-refractivity contribution in [2.75, 3.05) is 6.54 Å². The van der Waals surface area contributed by atoms with Crippen LogP contribution >= 0.6 is 11.3 Å². The fraction of sp³-hybridized carbons (Fsp3) is 0.500. The lowest BCUT2D eigenvalue weighted by molar-refractivity contribution is -0.218. The fourth-order valence-corrected chi connectivity index (χ4v) is 3.47. The van der Waals surface area contributed by atoms with Crippen LogP contribution in [0.1, 0.15) is 51.8 Å². The second kappa shape index (κ2) is 6.99. The average Bonchev–Trinajstić information content (AvgIpc) is 3.05. The van der Waals surface area contributed by atoms with Crippen LogP contribution in [0.4, 0.5) is 0 Å². The topological polar surface area (TPSA) is 55.3 Å². The number of nitrogens with zero attached hydrogens (tertiary/aromatic N) is 3. The Hall–Kier alpha value is -1.79. The van der Waals surface area contributed by atoms with E-state index in [1.54, 1.807) is 17.5 Å². The Morgan fingerprint density at radius 3 is 2.92 bits per heavy atom. The Labute approximate surface area is 146 Å². The summed E-state index contributed by atoms with van der Waals surface area (Å²) in [4.78, 5) is 26.9. The Morgan fingerprint density at radius 2 is 2.21 bits per heavy atom. The predicted octanol–water partition coefficient (Wildman–Crippen LogP) is 4.24. The summed E-state index contributed by atoms with van der Waals surface area (Å²) in [5.74, 6) is -0.197. The first-order chi connectivity index (χ1) is 11.4. The number of rotatable bonds is 3. The second-order valence-electron chi connectivity index (χ2n) is 7.10. The van der Waals surface area contributed by atoms with Gasteiger partial charge < -0.3 is 4.84 Å². The van der Waals surface area contributed by atoms with Gasteiger partial charge in [-0.05, 0) is 52.2 Å². The van der Waals surface area contributed by atoms with Gasteiger partial charge in [-0.1, -0.05) is 0 Å². The second-order valence-corrected chi connectivity index (χ2v) is 7.96. The van der Waals surface area contributed by atoms with Crippen molar-refractivity contribution in [1.82, 2.24) is 15.0 Å². The molecular formula is C18H23N3O2S. The largest absolute Gasteiger partial charge is 0.367 e. The van der Waals surface area contributed by atoms with E-state index in [9.17, 15) is 4.79 Å². The summed E-state index contributed by atoms with van der Waals surface area (Å²) in [6.07, 6.45) is 6.68. The van der Waals surface area contributed by atoms with Gasteiger partial charge >= 0.3 is 5.97 Å². The minimum atomic E-state index is -0.509. The Morgan fingerprint density at radius 1 is 1.38 bits per heavy atom. The molecule has 1 saturated heterocycles. The van der Waals surface area contributed by atoms with E-state index in [-0.39, 0.29) is 12.0 Å². The van der Waals surface area contributed by atoms with Crippen molar-refractivity contribution in [1.29, 1.82) is 0 Å². The van der Waals surface area contributed by atoms with Crippen LogP contribution in [0.3, 0.4) is 0 Å². The van der Waals surface area contributed by atoms with Crippen molar-refractivity contribution in [2.24, 2.45) is 5.41 Å². The molecule has 0 aliphatic carbocycles. The van der Waals surface area contributed by atoms with E-state index < -0.39 is 5.41 Å². The molecule has 0 unspecified atom stereocenters. The quantitative estimate of drug-likeness (QED) is 0.833. The first kappa shape index (κ1) is 17.0. The molecule has 6 heteroatoms. The Bertz CT molecular complexity index is 694. The number of aromatic nitrogens is 2. The van der Waals surface area contributed by atoms with Crippen molar-refractivity contribution in [3.63, 3.8) is 0 Å². The fourth-order valence-electron chi connectivity index (χ4n) is 2.61. The summed E-state index contributed by atoms with van der Waals surface area (Å²) in [5.41, 5.74) is 1.48. The molecule has 24 heavy (non-hydrogen) atoms. The third-order valence-corrected chi connectivity index (χ3v) is 4.95. The molecule has 5 nitrogen and oxygen atoms in total. The minimum Gasteiger partial charge on any atom is -0.367 e. The SMILES string of the molecule is CC(C)(C)C(=O)ON1CCCC[C@@H]1c1csc(-c2cccnc2)n1. The lowest BCUT2D eigenvalue weighted by atomic mass is 9.97. The molecular weight excluding hydrogens is 322 g/mol. The normalized spacial score (nSPS) is 19.2. The molecule has 0 bridgehead atoms. The molecule has 0 saturated carbocycles. The molecule has 3 rings (SSSR count). The van der Waals surface area contributed by atoms with Crippen LogP contribution in [0.2, 0.25) is 0 Å². The molecule has 2 aromatic rings. The van der Waals surface area contributed by atoms with Crippen LogP contribution in [0, 0.1) is 5.41 Å². The maximum absolute atomic E-state index is 12.2. The molecule has 0 radical (unpaired) electrons. The monoisotopic (exact) mass is 345 g/mol. The van der Waals surface area contributed by atoms with Crippen LogP contribution in [-0.2, 0) is 9.63 Å². The lowest BCUT2D eigenvalue weighted by Gasteiger charge is -2.34. The van der Waals surface area contributed by atoms with E-state index >= 15 is 0 Å². The molecule has 3 heterocycles. The third-order valence-electron chi connectivity index (χ3n) is 4.04. The molecule has 1 aliphatic rings. The summed E-state index contributed by atoms with van der Waals surface area (Å²) in [6, 6.07) is 3.95. The highest BCUT2D eigenvalue weighted by molar-refractivity contribution is 7.13. The van der Waals surface area contributed by atoms with Gasteiger partial charge in [-0.25, -0.2) is 9.78 Å². The van der Waals surface area contributed by atoms with Crippen LogP contribution in [0.15, 0.2) is 29.9 Å². The molecule has 1 atom stereocenters. The summed E-state index contributed by atoms with van der Waals surface area (Å²) < 4.78 is 0. The molecule has 2 aromatic heterocycles. The Balaban J connectivity index is 1.79. The number of hydroxylamine groups is 2.